The Kier molecular flexibility index (Phi) is 2.55. The molecule has 0 amide bonds. The maximum absolute atomic E-state index is 5.32. The molecule has 3 rings (SSSR count). The van der Waals surface area contributed by atoms with E-state index in [4.69, 9.17) is 4.74 Å². The Morgan fingerprint density at radius 2 is 2.33 bits per heavy atom. The summed E-state index contributed by atoms with van der Waals surface area (Å²) in [6, 6.07) is 3.94. The Balaban J connectivity index is 1.99. The zero-order chi connectivity index (χ0) is 12.5. The van der Waals surface area contributed by atoms with E-state index in [0.29, 0.717) is 5.95 Å². The van der Waals surface area contributed by atoms with Crippen molar-refractivity contribution in [3.63, 3.8) is 0 Å². The second-order valence-electron chi connectivity index (χ2n) is 4.22. The van der Waals surface area contributed by atoms with Crippen LogP contribution in [0.4, 0.5) is 5.95 Å². The smallest absolute Gasteiger partial charge is 0.220 e. The molecule has 1 aliphatic rings. The van der Waals surface area contributed by atoms with Crippen molar-refractivity contribution in [2.45, 2.75) is 6.92 Å². The first-order chi connectivity index (χ1) is 8.78. The van der Waals surface area contributed by atoms with E-state index < -0.39 is 0 Å². The van der Waals surface area contributed by atoms with Crippen molar-refractivity contribution in [2.75, 3.05) is 25.6 Å². The molecule has 0 spiro atoms. The standard InChI is InChI=1S/C12H15N5O/c1-8-3-4-9(18-2)11-10(8)14-12(15-11)16-17-6-5-13-7-17/h3-4,7H,5-6H2,1-2H3,(H2,14,15,16). The third-order valence-corrected chi connectivity index (χ3v) is 2.98. The van der Waals surface area contributed by atoms with Gasteiger partial charge in [0.15, 0.2) is 0 Å². The van der Waals surface area contributed by atoms with Gasteiger partial charge in [-0.1, -0.05) is 6.07 Å². The number of hydrogen-bond donors (Lipinski definition) is 2. The Morgan fingerprint density at radius 1 is 1.44 bits per heavy atom. The average molecular weight is 245 g/mol. The lowest BCUT2D eigenvalue weighted by Gasteiger charge is -2.13. The molecule has 94 valence electrons. The molecular formula is C12H15N5O. The molecule has 2 aromatic rings. The molecule has 1 aromatic carbocycles. The van der Waals surface area contributed by atoms with Crippen molar-refractivity contribution >= 4 is 23.3 Å². The van der Waals surface area contributed by atoms with Gasteiger partial charge in [0.05, 0.1) is 25.7 Å². The number of H-pyrrole nitrogens is 1. The number of ether oxygens (including phenoxy) is 1. The van der Waals surface area contributed by atoms with Gasteiger partial charge in [0.2, 0.25) is 5.95 Å². The van der Waals surface area contributed by atoms with E-state index in [2.05, 4.69) is 20.4 Å². The maximum atomic E-state index is 5.32. The molecule has 0 bridgehead atoms. The number of aliphatic imine (C=N–C) groups is 1. The predicted molar refractivity (Wildman–Crippen MR) is 71.1 cm³/mol. The fourth-order valence-corrected chi connectivity index (χ4v) is 2.02. The molecule has 6 nitrogen and oxygen atoms in total. The van der Waals surface area contributed by atoms with Gasteiger partial charge in [-0.3, -0.25) is 15.4 Å². The van der Waals surface area contributed by atoms with E-state index in [0.717, 1.165) is 35.4 Å². The number of hydrazine groups is 1. The fraction of sp³-hybridized carbons (Fsp3) is 0.333. The van der Waals surface area contributed by atoms with Crippen LogP contribution in [-0.4, -0.2) is 41.5 Å². The molecule has 0 unspecified atom stereocenters. The van der Waals surface area contributed by atoms with Crippen LogP contribution < -0.4 is 10.2 Å². The van der Waals surface area contributed by atoms with Crippen molar-refractivity contribution in [1.29, 1.82) is 0 Å². The number of rotatable bonds is 3. The number of aromatic amines is 1. The number of methoxy groups -OCH3 is 1. The molecule has 2 N–H and O–H groups in total. The summed E-state index contributed by atoms with van der Waals surface area (Å²) >= 11 is 0. The minimum Gasteiger partial charge on any atom is -0.494 e. The lowest BCUT2D eigenvalue weighted by atomic mass is 10.2. The van der Waals surface area contributed by atoms with Gasteiger partial charge in [-0.25, -0.2) is 4.98 Å². The molecule has 0 saturated heterocycles. The van der Waals surface area contributed by atoms with Crippen LogP contribution in [0.15, 0.2) is 17.1 Å². The van der Waals surface area contributed by atoms with Crippen LogP contribution in [0.1, 0.15) is 5.56 Å². The summed E-state index contributed by atoms with van der Waals surface area (Å²) in [4.78, 5) is 11.9. The Hall–Kier alpha value is -2.24. The van der Waals surface area contributed by atoms with Crippen LogP contribution in [0, 0.1) is 6.92 Å². The molecule has 0 atom stereocenters. The van der Waals surface area contributed by atoms with Crippen molar-refractivity contribution in [2.24, 2.45) is 4.99 Å². The predicted octanol–water partition coefficient (Wildman–Crippen LogP) is 1.55. The van der Waals surface area contributed by atoms with Crippen LogP contribution in [0.2, 0.25) is 0 Å². The fourth-order valence-electron chi connectivity index (χ4n) is 2.02. The quantitative estimate of drug-likeness (QED) is 0.861. The molecule has 0 fully saturated rings. The second-order valence-corrected chi connectivity index (χ2v) is 4.22. The molecule has 0 radical (unpaired) electrons. The first kappa shape index (κ1) is 10.9. The minimum atomic E-state index is 0.700. The van der Waals surface area contributed by atoms with Crippen molar-refractivity contribution in [1.82, 2.24) is 15.0 Å². The monoisotopic (exact) mass is 245 g/mol. The summed E-state index contributed by atoms with van der Waals surface area (Å²) in [5, 5.41) is 1.90. The molecule has 0 aliphatic carbocycles. The highest BCUT2D eigenvalue weighted by Crippen LogP contribution is 2.27. The zero-order valence-corrected chi connectivity index (χ0v) is 10.4. The molecule has 2 heterocycles. The summed E-state index contributed by atoms with van der Waals surface area (Å²) < 4.78 is 5.32. The third-order valence-electron chi connectivity index (χ3n) is 2.98. The summed E-state index contributed by atoms with van der Waals surface area (Å²) in [5.74, 6) is 1.47. The maximum Gasteiger partial charge on any atom is 0.220 e. The van der Waals surface area contributed by atoms with Gasteiger partial charge in [0.25, 0.3) is 0 Å². The van der Waals surface area contributed by atoms with Gasteiger partial charge in [-0.15, -0.1) is 0 Å². The van der Waals surface area contributed by atoms with E-state index in [1.807, 2.05) is 24.1 Å². The van der Waals surface area contributed by atoms with Gasteiger partial charge in [-0.2, -0.15) is 0 Å². The van der Waals surface area contributed by atoms with Gasteiger partial charge in [0, 0.05) is 0 Å². The van der Waals surface area contributed by atoms with E-state index >= 15 is 0 Å². The number of hydrogen-bond acceptors (Lipinski definition) is 5. The SMILES string of the molecule is COc1ccc(C)c2[nH]c(NN3C=NCC3)nc12. The normalized spacial score (nSPS) is 14.4. The molecular weight excluding hydrogens is 230 g/mol. The highest BCUT2D eigenvalue weighted by atomic mass is 16.5. The molecule has 6 heteroatoms. The van der Waals surface area contributed by atoms with Gasteiger partial charge in [0.1, 0.15) is 17.6 Å². The van der Waals surface area contributed by atoms with Crippen LogP contribution in [0.5, 0.6) is 5.75 Å². The van der Waals surface area contributed by atoms with Crippen molar-refractivity contribution in [3.05, 3.63) is 17.7 Å². The Labute approximate surface area is 105 Å². The molecule has 1 aliphatic heterocycles. The Bertz CT molecular complexity index is 604. The summed E-state index contributed by atoms with van der Waals surface area (Å²) in [6.45, 7) is 3.71. The number of aryl methyl sites for hydroxylation is 1. The summed E-state index contributed by atoms with van der Waals surface area (Å²) in [6.07, 6.45) is 1.78. The lowest BCUT2D eigenvalue weighted by Crippen LogP contribution is -2.27. The zero-order valence-electron chi connectivity index (χ0n) is 10.4. The third kappa shape index (κ3) is 1.75. The number of imidazole rings is 1. The van der Waals surface area contributed by atoms with Crippen LogP contribution >= 0.6 is 0 Å². The number of fused-ring (bicyclic) bond motifs is 1. The minimum absolute atomic E-state index is 0.700. The van der Waals surface area contributed by atoms with E-state index in [9.17, 15) is 0 Å². The highest BCUT2D eigenvalue weighted by molar-refractivity contribution is 5.86. The van der Waals surface area contributed by atoms with E-state index in [-0.39, 0.29) is 0 Å². The van der Waals surface area contributed by atoms with E-state index in [1.165, 1.54) is 0 Å². The first-order valence-corrected chi connectivity index (χ1v) is 5.84. The van der Waals surface area contributed by atoms with Gasteiger partial charge >= 0.3 is 0 Å². The largest absolute Gasteiger partial charge is 0.494 e. The molecule has 18 heavy (non-hydrogen) atoms. The summed E-state index contributed by atoms with van der Waals surface area (Å²) in [5.41, 5.74) is 6.15. The van der Waals surface area contributed by atoms with Gasteiger partial charge < -0.3 is 9.72 Å². The van der Waals surface area contributed by atoms with Crippen LogP contribution in [-0.2, 0) is 0 Å². The van der Waals surface area contributed by atoms with Crippen molar-refractivity contribution < 1.29 is 4.74 Å². The topological polar surface area (TPSA) is 65.5 Å². The lowest BCUT2D eigenvalue weighted by molar-refractivity contribution is 0.419. The van der Waals surface area contributed by atoms with Crippen LogP contribution in [0.3, 0.4) is 0 Å². The second kappa shape index (κ2) is 4.21. The number of aromatic nitrogens is 2. The van der Waals surface area contributed by atoms with E-state index in [1.54, 1.807) is 13.4 Å². The number of anilines is 1. The highest BCUT2D eigenvalue weighted by Gasteiger charge is 2.12. The van der Waals surface area contributed by atoms with Crippen LogP contribution in [0.25, 0.3) is 11.0 Å². The molecule has 0 saturated carbocycles. The van der Waals surface area contributed by atoms with Gasteiger partial charge in [-0.05, 0) is 18.6 Å². The molecule has 1 aromatic heterocycles. The average Bonchev–Trinajstić information content (AvgIpc) is 3.00. The van der Waals surface area contributed by atoms with Crippen molar-refractivity contribution in [3.8, 4) is 5.75 Å². The summed E-state index contributed by atoms with van der Waals surface area (Å²) in [7, 11) is 1.65. The Morgan fingerprint density at radius 3 is 3.06 bits per heavy atom. The number of benzene rings is 1. The number of nitrogens with zero attached hydrogens (tertiary/aromatic N) is 3. The first-order valence-electron chi connectivity index (χ1n) is 5.84. The number of nitrogens with one attached hydrogen (secondary N) is 2.